The molecule has 0 spiro atoms. The number of piperidine rings is 1. The van der Waals surface area contributed by atoms with Gasteiger partial charge >= 0.3 is 12.1 Å². The number of carbonyl (C=O) groups excluding carboxylic acids is 2. The maximum Gasteiger partial charge on any atom is 0.409 e. The number of rotatable bonds is 5. The summed E-state index contributed by atoms with van der Waals surface area (Å²) in [5.74, 6) is 0.0683. The highest BCUT2D eigenvalue weighted by atomic mass is 127. The van der Waals surface area contributed by atoms with E-state index in [1.54, 1.807) is 4.90 Å². The number of hydrogen-bond donors (Lipinski definition) is 0. The van der Waals surface area contributed by atoms with Gasteiger partial charge in [-0.05, 0) is 62.8 Å². The van der Waals surface area contributed by atoms with Crippen LogP contribution in [0.15, 0.2) is 48.5 Å². The molecule has 0 radical (unpaired) electrons. The van der Waals surface area contributed by atoms with Gasteiger partial charge in [0.1, 0.15) is 15.6 Å². The van der Waals surface area contributed by atoms with Crippen molar-refractivity contribution in [1.82, 2.24) is 4.90 Å². The molecule has 1 aliphatic carbocycles. The highest BCUT2D eigenvalue weighted by Crippen LogP contribution is 2.44. The Balaban J connectivity index is 1.34. The molecule has 0 atom stereocenters. The second kappa shape index (κ2) is 9.28. The van der Waals surface area contributed by atoms with Gasteiger partial charge in [-0.1, -0.05) is 71.1 Å². The molecule has 5 nitrogen and oxygen atoms in total. The lowest BCUT2D eigenvalue weighted by molar-refractivity contribution is -0.165. The monoisotopic (exact) mass is 561 g/mol. The number of alkyl halides is 1. The number of benzene rings is 2. The molecule has 1 saturated heterocycles. The number of carbonyl (C=O) groups is 2. The van der Waals surface area contributed by atoms with Crippen molar-refractivity contribution in [2.75, 3.05) is 19.7 Å². The zero-order chi connectivity index (χ0) is 23.8. The highest BCUT2D eigenvalue weighted by molar-refractivity contribution is 14.1. The largest absolute Gasteiger partial charge is 0.458 e. The van der Waals surface area contributed by atoms with Crippen LogP contribution < -0.4 is 0 Å². The van der Waals surface area contributed by atoms with Gasteiger partial charge in [0, 0.05) is 24.9 Å². The number of amides is 1. The standard InChI is InChI=1S/C27H32INO4/c1-26(2,28)24(30)33-27(3,4)18-13-15-29(16-14-18)25(31)32-17-23-21-11-7-5-9-19(21)20-10-6-8-12-22(20)23/h5-12,18,23H,13-17H2,1-4H3. The van der Waals surface area contributed by atoms with E-state index in [-0.39, 0.29) is 23.9 Å². The third-order valence-corrected chi connectivity index (χ3v) is 7.35. The summed E-state index contributed by atoms with van der Waals surface area (Å²) in [4.78, 5) is 27.0. The van der Waals surface area contributed by atoms with E-state index in [9.17, 15) is 9.59 Å². The van der Waals surface area contributed by atoms with Crippen molar-refractivity contribution in [2.45, 2.75) is 55.5 Å². The Hall–Kier alpha value is -2.09. The van der Waals surface area contributed by atoms with Gasteiger partial charge in [0.15, 0.2) is 0 Å². The molecule has 2 aliphatic rings. The van der Waals surface area contributed by atoms with Gasteiger partial charge in [0.25, 0.3) is 0 Å². The number of likely N-dealkylation sites (tertiary alicyclic amines) is 1. The van der Waals surface area contributed by atoms with Gasteiger partial charge in [-0.15, -0.1) is 0 Å². The molecule has 4 rings (SSSR count). The predicted octanol–water partition coefficient (Wildman–Crippen LogP) is 6.18. The van der Waals surface area contributed by atoms with E-state index in [1.807, 2.05) is 52.0 Å². The van der Waals surface area contributed by atoms with Crippen molar-refractivity contribution in [1.29, 1.82) is 0 Å². The summed E-state index contributed by atoms with van der Waals surface area (Å²) < 4.78 is 11.1. The summed E-state index contributed by atoms with van der Waals surface area (Å²) in [5.41, 5.74) is 4.31. The second-order valence-corrected chi connectivity index (χ2v) is 12.7. The molecule has 176 valence electrons. The minimum absolute atomic E-state index is 0.0638. The van der Waals surface area contributed by atoms with E-state index in [0.717, 1.165) is 12.8 Å². The molecular formula is C27H32INO4. The first-order chi connectivity index (χ1) is 15.6. The summed E-state index contributed by atoms with van der Waals surface area (Å²) in [6.07, 6.45) is 1.30. The Bertz CT molecular complexity index is 989. The molecular weight excluding hydrogens is 529 g/mol. The van der Waals surface area contributed by atoms with Crippen molar-refractivity contribution < 1.29 is 19.1 Å². The Kier molecular flexibility index (Phi) is 6.76. The van der Waals surface area contributed by atoms with E-state index >= 15 is 0 Å². The summed E-state index contributed by atoms with van der Waals surface area (Å²) in [6, 6.07) is 16.7. The van der Waals surface area contributed by atoms with Crippen LogP contribution in [-0.4, -0.2) is 45.7 Å². The molecule has 0 aromatic heterocycles. The van der Waals surface area contributed by atoms with Crippen LogP contribution in [-0.2, 0) is 14.3 Å². The van der Waals surface area contributed by atoms with Gasteiger partial charge in [0.2, 0.25) is 0 Å². The lowest BCUT2D eigenvalue weighted by Crippen LogP contribution is -2.47. The van der Waals surface area contributed by atoms with Crippen LogP contribution in [0.2, 0.25) is 0 Å². The molecule has 1 heterocycles. The van der Waals surface area contributed by atoms with E-state index in [2.05, 4.69) is 46.9 Å². The average Bonchev–Trinajstić information content (AvgIpc) is 3.10. The smallest absolute Gasteiger partial charge is 0.409 e. The summed E-state index contributed by atoms with van der Waals surface area (Å²) >= 11 is 2.11. The topological polar surface area (TPSA) is 55.8 Å². The lowest BCUT2D eigenvalue weighted by atomic mass is 9.83. The van der Waals surface area contributed by atoms with E-state index in [0.29, 0.717) is 19.7 Å². The minimum Gasteiger partial charge on any atom is -0.458 e. The van der Waals surface area contributed by atoms with Gasteiger partial charge < -0.3 is 14.4 Å². The number of halogens is 1. The number of fused-ring (bicyclic) bond motifs is 3. The Morgan fingerprint density at radius 3 is 1.97 bits per heavy atom. The molecule has 0 unspecified atom stereocenters. The minimum atomic E-state index is -0.563. The first-order valence-corrected chi connectivity index (χ1v) is 12.7. The fourth-order valence-corrected chi connectivity index (χ4v) is 5.00. The van der Waals surface area contributed by atoms with Crippen molar-refractivity contribution >= 4 is 34.7 Å². The average molecular weight is 561 g/mol. The zero-order valence-electron chi connectivity index (χ0n) is 19.8. The molecule has 2 aromatic carbocycles. The zero-order valence-corrected chi connectivity index (χ0v) is 21.9. The van der Waals surface area contributed by atoms with Gasteiger partial charge in [-0.2, -0.15) is 0 Å². The molecule has 1 fully saturated rings. The molecule has 2 aromatic rings. The van der Waals surface area contributed by atoms with Crippen molar-refractivity contribution in [2.24, 2.45) is 5.92 Å². The number of nitrogens with zero attached hydrogens (tertiary/aromatic N) is 1. The highest BCUT2D eigenvalue weighted by Gasteiger charge is 2.40. The fourth-order valence-electron chi connectivity index (χ4n) is 4.89. The first kappa shape index (κ1) is 24.0. The van der Waals surface area contributed by atoms with Crippen LogP contribution >= 0.6 is 22.6 Å². The van der Waals surface area contributed by atoms with E-state index in [1.165, 1.54) is 22.3 Å². The summed E-state index contributed by atoms with van der Waals surface area (Å²) in [6.45, 7) is 9.20. The van der Waals surface area contributed by atoms with Crippen molar-refractivity contribution in [3.63, 3.8) is 0 Å². The van der Waals surface area contributed by atoms with Crippen LogP contribution in [0.4, 0.5) is 4.79 Å². The van der Waals surface area contributed by atoms with Crippen LogP contribution in [0.5, 0.6) is 0 Å². The number of hydrogen-bond acceptors (Lipinski definition) is 4. The molecule has 1 amide bonds. The Morgan fingerprint density at radius 2 is 1.45 bits per heavy atom. The molecule has 0 saturated carbocycles. The third kappa shape index (κ3) is 5.05. The molecule has 1 aliphatic heterocycles. The fraction of sp³-hybridized carbons (Fsp3) is 0.481. The second-order valence-electron chi connectivity index (χ2n) is 10.0. The molecule has 6 heteroatoms. The lowest BCUT2D eigenvalue weighted by Gasteiger charge is -2.40. The van der Waals surface area contributed by atoms with E-state index < -0.39 is 9.02 Å². The molecule has 0 N–H and O–H groups in total. The maximum atomic E-state index is 12.9. The number of esters is 1. The third-order valence-electron chi connectivity index (χ3n) is 6.91. The van der Waals surface area contributed by atoms with Crippen LogP contribution in [0, 0.1) is 5.92 Å². The first-order valence-electron chi connectivity index (χ1n) is 11.6. The van der Waals surface area contributed by atoms with Gasteiger partial charge in [-0.25, -0.2) is 4.79 Å². The summed E-state index contributed by atoms with van der Waals surface area (Å²) in [5, 5.41) is 0. The normalized spacial score (nSPS) is 16.8. The van der Waals surface area contributed by atoms with Gasteiger partial charge in [-0.3, -0.25) is 4.79 Å². The van der Waals surface area contributed by atoms with Gasteiger partial charge in [0.05, 0.1) is 0 Å². The molecule has 33 heavy (non-hydrogen) atoms. The Morgan fingerprint density at radius 1 is 0.939 bits per heavy atom. The SMILES string of the molecule is CC(C)(I)C(=O)OC(C)(C)C1CCN(C(=O)OCC2c3ccccc3-c3ccccc32)CC1. The van der Waals surface area contributed by atoms with Crippen LogP contribution in [0.25, 0.3) is 11.1 Å². The van der Waals surface area contributed by atoms with Crippen LogP contribution in [0.1, 0.15) is 57.6 Å². The predicted molar refractivity (Wildman–Crippen MR) is 138 cm³/mol. The quantitative estimate of drug-likeness (QED) is 0.249. The Labute approximate surface area is 210 Å². The van der Waals surface area contributed by atoms with E-state index in [4.69, 9.17) is 9.47 Å². The number of ether oxygens (including phenoxy) is 2. The van der Waals surface area contributed by atoms with Crippen molar-refractivity contribution in [3.8, 4) is 11.1 Å². The van der Waals surface area contributed by atoms with Crippen LogP contribution in [0.3, 0.4) is 0 Å². The maximum absolute atomic E-state index is 12.9. The van der Waals surface area contributed by atoms with Crippen molar-refractivity contribution in [3.05, 3.63) is 59.7 Å². The summed E-state index contributed by atoms with van der Waals surface area (Å²) in [7, 11) is 0. The molecule has 0 bridgehead atoms.